The van der Waals surface area contributed by atoms with Crippen molar-refractivity contribution >= 4 is 22.0 Å². The first-order valence-electron chi connectivity index (χ1n) is 6.49. The van der Waals surface area contributed by atoms with E-state index in [0.29, 0.717) is 6.54 Å². The molecule has 0 radical (unpaired) electrons. The second-order valence-electron chi connectivity index (χ2n) is 4.59. The average Bonchev–Trinajstić information content (AvgIpc) is 2.47. The summed E-state index contributed by atoms with van der Waals surface area (Å²) in [7, 11) is 0. The maximum Gasteiger partial charge on any atom is 0.315 e. The molecule has 0 aromatic heterocycles. The highest BCUT2D eigenvalue weighted by Crippen LogP contribution is 2.11. The number of hydrogen-bond donors (Lipinski definition) is 2. The van der Waals surface area contributed by atoms with E-state index < -0.39 is 0 Å². The Balaban J connectivity index is 1.82. The zero-order valence-electron chi connectivity index (χ0n) is 11.3. The van der Waals surface area contributed by atoms with Crippen molar-refractivity contribution in [2.24, 2.45) is 0 Å². The van der Waals surface area contributed by atoms with E-state index in [1.165, 1.54) is 0 Å². The first kappa shape index (κ1) is 14.6. The minimum atomic E-state index is -0.163. The first-order chi connectivity index (χ1) is 9.65. The molecule has 2 aromatic rings. The van der Waals surface area contributed by atoms with Gasteiger partial charge in [-0.05, 0) is 30.2 Å². The average molecular weight is 333 g/mol. The van der Waals surface area contributed by atoms with Gasteiger partial charge in [-0.3, -0.25) is 0 Å². The quantitative estimate of drug-likeness (QED) is 0.872. The van der Waals surface area contributed by atoms with Gasteiger partial charge in [0.15, 0.2) is 0 Å². The molecule has 1 atom stereocenters. The van der Waals surface area contributed by atoms with Gasteiger partial charge in [0, 0.05) is 11.0 Å². The molecule has 0 spiro atoms. The lowest BCUT2D eigenvalue weighted by Gasteiger charge is -2.15. The Bertz CT molecular complexity index is 554. The fraction of sp³-hybridized carbons (Fsp3) is 0.188. The zero-order valence-corrected chi connectivity index (χ0v) is 12.9. The molecule has 2 aromatic carbocycles. The predicted octanol–water partition coefficient (Wildman–Crippen LogP) is 4.01. The van der Waals surface area contributed by atoms with Crippen LogP contribution in [0.1, 0.15) is 24.1 Å². The number of benzene rings is 2. The van der Waals surface area contributed by atoms with Crippen molar-refractivity contribution in [2.45, 2.75) is 19.5 Å². The number of nitrogens with one attached hydrogen (secondary N) is 2. The van der Waals surface area contributed by atoms with Crippen molar-refractivity contribution in [3.05, 3.63) is 70.2 Å². The normalized spacial score (nSPS) is 11.7. The van der Waals surface area contributed by atoms with Crippen LogP contribution in [0.15, 0.2) is 59.1 Å². The van der Waals surface area contributed by atoms with Crippen LogP contribution in [0.2, 0.25) is 0 Å². The maximum atomic E-state index is 11.8. The highest BCUT2D eigenvalue weighted by molar-refractivity contribution is 9.10. The molecule has 0 bridgehead atoms. The Morgan fingerprint density at radius 1 is 1.10 bits per heavy atom. The van der Waals surface area contributed by atoms with E-state index in [9.17, 15) is 4.79 Å². The Morgan fingerprint density at radius 2 is 1.75 bits per heavy atom. The van der Waals surface area contributed by atoms with Crippen LogP contribution in [0.3, 0.4) is 0 Å². The lowest BCUT2D eigenvalue weighted by Crippen LogP contribution is -2.36. The van der Waals surface area contributed by atoms with E-state index in [1.807, 2.05) is 61.5 Å². The van der Waals surface area contributed by atoms with Gasteiger partial charge in [-0.1, -0.05) is 58.4 Å². The molecule has 0 aliphatic rings. The molecule has 0 aliphatic heterocycles. The summed E-state index contributed by atoms with van der Waals surface area (Å²) in [6.07, 6.45) is 0. The molecule has 20 heavy (non-hydrogen) atoms. The zero-order chi connectivity index (χ0) is 14.4. The van der Waals surface area contributed by atoms with Gasteiger partial charge in [0.2, 0.25) is 0 Å². The molecule has 0 saturated heterocycles. The SMILES string of the molecule is CC(NC(=O)NCc1ccc(Br)cc1)c1ccccc1. The van der Waals surface area contributed by atoms with E-state index in [-0.39, 0.29) is 12.1 Å². The number of halogens is 1. The first-order valence-corrected chi connectivity index (χ1v) is 7.28. The Morgan fingerprint density at radius 3 is 2.40 bits per heavy atom. The predicted molar refractivity (Wildman–Crippen MR) is 84.4 cm³/mol. The third kappa shape index (κ3) is 4.38. The summed E-state index contributed by atoms with van der Waals surface area (Å²) in [5.74, 6) is 0. The molecule has 0 heterocycles. The molecule has 4 heteroatoms. The number of urea groups is 1. The van der Waals surface area contributed by atoms with Gasteiger partial charge < -0.3 is 10.6 Å². The van der Waals surface area contributed by atoms with E-state index >= 15 is 0 Å². The second-order valence-corrected chi connectivity index (χ2v) is 5.50. The molecule has 104 valence electrons. The fourth-order valence-corrected chi connectivity index (χ4v) is 2.12. The minimum absolute atomic E-state index is 0.0129. The van der Waals surface area contributed by atoms with E-state index in [0.717, 1.165) is 15.6 Å². The Kier molecular flexibility index (Phi) is 5.18. The number of carbonyl (C=O) groups is 1. The summed E-state index contributed by atoms with van der Waals surface area (Å²) in [5, 5.41) is 5.77. The number of amides is 2. The summed E-state index contributed by atoms with van der Waals surface area (Å²) >= 11 is 3.38. The highest BCUT2D eigenvalue weighted by atomic mass is 79.9. The van der Waals surface area contributed by atoms with Gasteiger partial charge in [0.05, 0.1) is 6.04 Å². The molecule has 2 rings (SSSR count). The van der Waals surface area contributed by atoms with Crippen molar-refractivity contribution in [3.63, 3.8) is 0 Å². The molecule has 1 unspecified atom stereocenters. The van der Waals surface area contributed by atoms with Crippen LogP contribution in [0.25, 0.3) is 0 Å². The number of rotatable bonds is 4. The van der Waals surface area contributed by atoms with E-state index in [2.05, 4.69) is 26.6 Å². The van der Waals surface area contributed by atoms with E-state index in [4.69, 9.17) is 0 Å². The molecule has 0 aliphatic carbocycles. The van der Waals surface area contributed by atoms with Crippen molar-refractivity contribution in [1.82, 2.24) is 10.6 Å². The smallest absolute Gasteiger partial charge is 0.315 e. The largest absolute Gasteiger partial charge is 0.334 e. The summed E-state index contributed by atoms with van der Waals surface area (Å²) < 4.78 is 1.03. The summed E-state index contributed by atoms with van der Waals surface area (Å²) in [4.78, 5) is 11.8. The van der Waals surface area contributed by atoms with Crippen LogP contribution in [-0.2, 0) is 6.54 Å². The summed E-state index contributed by atoms with van der Waals surface area (Å²) in [5.41, 5.74) is 2.15. The van der Waals surface area contributed by atoms with Gasteiger partial charge in [-0.15, -0.1) is 0 Å². The third-order valence-corrected chi connectivity index (χ3v) is 3.54. The molecule has 3 nitrogen and oxygen atoms in total. The third-order valence-electron chi connectivity index (χ3n) is 3.01. The lowest BCUT2D eigenvalue weighted by atomic mass is 10.1. The van der Waals surface area contributed by atoms with Crippen LogP contribution in [0, 0.1) is 0 Å². The van der Waals surface area contributed by atoms with Crippen molar-refractivity contribution in [3.8, 4) is 0 Å². The van der Waals surface area contributed by atoms with Crippen molar-refractivity contribution in [1.29, 1.82) is 0 Å². The van der Waals surface area contributed by atoms with Gasteiger partial charge in [0.1, 0.15) is 0 Å². The van der Waals surface area contributed by atoms with Gasteiger partial charge in [-0.25, -0.2) is 4.79 Å². The molecular formula is C16H17BrN2O. The Hall–Kier alpha value is -1.81. The standard InChI is InChI=1S/C16H17BrN2O/c1-12(14-5-3-2-4-6-14)19-16(20)18-11-13-7-9-15(17)10-8-13/h2-10,12H,11H2,1H3,(H2,18,19,20). The lowest BCUT2D eigenvalue weighted by molar-refractivity contribution is 0.237. The van der Waals surface area contributed by atoms with E-state index in [1.54, 1.807) is 0 Å². The topological polar surface area (TPSA) is 41.1 Å². The van der Waals surface area contributed by atoms with Gasteiger partial charge in [0.25, 0.3) is 0 Å². The van der Waals surface area contributed by atoms with Gasteiger partial charge in [-0.2, -0.15) is 0 Å². The number of carbonyl (C=O) groups excluding carboxylic acids is 1. The number of hydrogen-bond acceptors (Lipinski definition) is 1. The van der Waals surface area contributed by atoms with Crippen molar-refractivity contribution < 1.29 is 4.79 Å². The van der Waals surface area contributed by atoms with Crippen LogP contribution in [0.5, 0.6) is 0 Å². The highest BCUT2D eigenvalue weighted by Gasteiger charge is 2.08. The minimum Gasteiger partial charge on any atom is -0.334 e. The summed E-state index contributed by atoms with van der Waals surface area (Å²) in [6.45, 7) is 2.48. The van der Waals surface area contributed by atoms with Crippen molar-refractivity contribution in [2.75, 3.05) is 0 Å². The van der Waals surface area contributed by atoms with Gasteiger partial charge >= 0.3 is 6.03 Å². The summed E-state index contributed by atoms with van der Waals surface area (Å²) in [6, 6.07) is 17.6. The fourth-order valence-electron chi connectivity index (χ4n) is 1.86. The van der Waals surface area contributed by atoms with Crippen LogP contribution in [0.4, 0.5) is 4.79 Å². The Labute approximate surface area is 127 Å². The second kappa shape index (κ2) is 7.10. The molecule has 0 saturated carbocycles. The molecule has 0 fully saturated rings. The monoisotopic (exact) mass is 332 g/mol. The maximum absolute atomic E-state index is 11.8. The molecule has 2 amide bonds. The van der Waals surface area contributed by atoms with Crippen LogP contribution < -0.4 is 10.6 Å². The van der Waals surface area contributed by atoms with Crippen LogP contribution in [-0.4, -0.2) is 6.03 Å². The van der Waals surface area contributed by atoms with Crippen LogP contribution >= 0.6 is 15.9 Å². The molecular weight excluding hydrogens is 316 g/mol. The molecule has 2 N–H and O–H groups in total.